The first-order valence-electron chi connectivity index (χ1n) is 9.38. The van der Waals surface area contributed by atoms with Crippen LogP contribution in [-0.2, 0) is 0 Å². The lowest BCUT2D eigenvalue weighted by Gasteiger charge is -2.30. The van der Waals surface area contributed by atoms with E-state index >= 15 is 0 Å². The Hall–Kier alpha value is -3.31. The molecule has 3 aromatic carbocycles. The lowest BCUT2D eigenvalue weighted by atomic mass is 10.1. The predicted octanol–water partition coefficient (Wildman–Crippen LogP) is 4.88. The molecular weight excluding hydrogens is 386 g/mol. The van der Waals surface area contributed by atoms with Crippen LogP contribution in [0, 0.1) is 0 Å². The van der Waals surface area contributed by atoms with Crippen molar-refractivity contribution in [3.63, 3.8) is 0 Å². The van der Waals surface area contributed by atoms with E-state index in [0.29, 0.717) is 21.7 Å². The molecule has 0 spiro atoms. The minimum Gasteiger partial charge on any atom is -0.508 e. The number of rotatable bonds is 2. The van der Waals surface area contributed by atoms with Gasteiger partial charge in [-0.25, -0.2) is 4.98 Å². The fourth-order valence-corrected chi connectivity index (χ4v) is 4.21. The van der Waals surface area contributed by atoms with E-state index in [1.54, 1.807) is 22.8 Å². The summed E-state index contributed by atoms with van der Waals surface area (Å²) in [6, 6.07) is 21.8. The van der Waals surface area contributed by atoms with Crippen LogP contribution in [0.4, 0.5) is 5.69 Å². The number of anilines is 1. The first kappa shape index (κ1) is 17.8. The van der Waals surface area contributed by atoms with Crippen molar-refractivity contribution in [3.8, 4) is 5.75 Å². The Labute approximate surface area is 172 Å². The Morgan fingerprint density at radius 2 is 1.66 bits per heavy atom. The van der Waals surface area contributed by atoms with Crippen molar-refractivity contribution >= 4 is 28.2 Å². The lowest BCUT2D eigenvalue weighted by molar-refractivity contribution is 0.474. The number of phenols is 1. The zero-order chi connectivity index (χ0) is 20.1. The van der Waals surface area contributed by atoms with Gasteiger partial charge in [0, 0.05) is 10.7 Å². The monoisotopic (exact) mass is 403 g/mol. The molecule has 0 aliphatic carbocycles. The largest absolute Gasteiger partial charge is 0.508 e. The van der Waals surface area contributed by atoms with Crippen molar-refractivity contribution in [2.24, 2.45) is 0 Å². The molecule has 0 saturated carbocycles. The number of para-hydroxylation sites is 1. The first-order valence-corrected chi connectivity index (χ1v) is 9.76. The molecule has 0 amide bonds. The fraction of sp³-hybridized carbons (Fsp3) is 0.130. The van der Waals surface area contributed by atoms with Crippen LogP contribution >= 0.6 is 11.6 Å². The predicted molar refractivity (Wildman–Crippen MR) is 115 cm³/mol. The minimum atomic E-state index is -0.383. The molecule has 1 aliphatic heterocycles. The maximum Gasteiger partial charge on any atom is 0.263 e. The molecule has 0 saturated heterocycles. The minimum absolute atomic E-state index is 0.0769. The second kappa shape index (κ2) is 6.64. The average molecular weight is 404 g/mol. The van der Waals surface area contributed by atoms with Crippen molar-refractivity contribution < 1.29 is 5.11 Å². The van der Waals surface area contributed by atoms with Gasteiger partial charge in [0.05, 0.1) is 16.9 Å². The van der Waals surface area contributed by atoms with Gasteiger partial charge in [0.25, 0.3) is 5.56 Å². The SMILES string of the molecule is C[C@@H]1c2nc3ccccc3c(=O)n2[C@@H](c2ccc(O)cc2)N1c1ccc(Cl)cc1. The highest BCUT2D eigenvalue weighted by atomic mass is 35.5. The Morgan fingerprint density at radius 1 is 0.966 bits per heavy atom. The van der Waals surface area contributed by atoms with Crippen LogP contribution < -0.4 is 10.5 Å². The summed E-state index contributed by atoms with van der Waals surface area (Å²) in [5, 5.41) is 11.0. The van der Waals surface area contributed by atoms with Crippen LogP contribution in [0.5, 0.6) is 5.75 Å². The standard InChI is InChI=1S/C23H18ClN3O2/c1-14-21-25-20-5-3-2-4-19(20)23(29)27(21)22(15-6-12-18(28)13-7-15)26(14)17-10-8-16(24)9-11-17/h2-14,22,28H,1H3/t14-,22+/m1/s1. The van der Waals surface area contributed by atoms with Gasteiger partial charge in [-0.15, -0.1) is 0 Å². The summed E-state index contributed by atoms with van der Waals surface area (Å²) in [6.07, 6.45) is -0.383. The quantitative estimate of drug-likeness (QED) is 0.518. The summed E-state index contributed by atoms with van der Waals surface area (Å²) >= 11 is 6.10. The summed E-state index contributed by atoms with van der Waals surface area (Å²) in [5.74, 6) is 0.892. The molecular formula is C23H18ClN3O2. The number of fused-ring (bicyclic) bond motifs is 2. The molecule has 5 rings (SSSR count). The van der Waals surface area contributed by atoms with Gasteiger partial charge in [0.15, 0.2) is 0 Å². The highest BCUT2D eigenvalue weighted by Gasteiger charge is 2.39. The number of aromatic hydroxyl groups is 1. The number of halogens is 1. The maximum atomic E-state index is 13.5. The Balaban J connectivity index is 1.80. The van der Waals surface area contributed by atoms with Crippen molar-refractivity contribution in [2.75, 3.05) is 4.90 Å². The van der Waals surface area contributed by atoms with Gasteiger partial charge in [-0.3, -0.25) is 9.36 Å². The van der Waals surface area contributed by atoms with Crippen LogP contribution in [0.1, 0.15) is 30.5 Å². The second-order valence-corrected chi connectivity index (χ2v) is 7.62. The molecule has 0 radical (unpaired) electrons. The zero-order valence-corrected chi connectivity index (χ0v) is 16.4. The second-order valence-electron chi connectivity index (χ2n) is 7.19. The molecule has 4 aromatic rings. The molecule has 5 nitrogen and oxygen atoms in total. The third kappa shape index (κ3) is 2.77. The Morgan fingerprint density at radius 3 is 2.38 bits per heavy atom. The van der Waals surface area contributed by atoms with Gasteiger partial charge in [0.2, 0.25) is 0 Å². The highest BCUT2D eigenvalue weighted by Crippen LogP contribution is 2.42. The van der Waals surface area contributed by atoms with E-state index in [4.69, 9.17) is 16.6 Å². The van der Waals surface area contributed by atoms with Crippen LogP contribution in [0.2, 0.25) is 5.02 Å². The normalized spacial score (nSPS) is 18.2. The van der Waals surface area contributed by atoms with Gasteiger partial charge in [-0.05, 0) is 61.0 Å². The van der Waals surface area contributed by atoms with Gasteiger partial charge >= 0.3 is 0 Å². The molecule has 1 aliphatic rings. The molecule has 0 fully saturated rings. The molecule has 0 bridgehead atoms. The van der Waals surface area contributed by atoms with Gasteiger partial charge in [0.1, 0.15) is 17.7 Å². The Bertz CT molecular complexity index is 1270. The van der Waals surface area contributed by atoms with E-state index in [9.17, 15) is 9.90 Å². The Kier molecular flexibility index (Phi) is 4.07. The van der Waals surface area contributed by atoms with E-state index in [1.807, 2.05) is 61.5 Å². The van der Waals surface area contributed by atoms with E-state index in [1.165, 1.54) is 0 Å². The number of nitrogens with zero attached hydrogens (tertiary/aromatic N) is 3. The van der Waals surface area contributed by atoms with Crippen LogP contribution in [0.3, 0.4) is 0 Å². The molecule has 1 N–H and O–H groups in total. The molecule has 2 atom stereocenters. The van der Waals surface area contributed by atoms with E-state index in [2.05, 4.69) is 4.90 Å². The summed E-state index contributed by atoms with van der Waals surface area (Å²) in [6.45, 7) is 2.04. The third-order valence-electron chi connectivity index (χ3n) is 5.45. The highest BCUT2D eigenvalue weighted by molar-refractivity contribution is 6.30. The summed E-state index contributed by atoms with van der Waals surface area (Å²) in [5.41, 5.74) is 2.45. The van der Waals surface area contributed by atoms with Crippen LogP contribution in [0.25, 0.3) is 10.9 Å². The topological polar surface area (TPSA) is 58.4 Å². The zero-order valence-electron chi connectivity index (χ0n) is 15.7. The number of phenolic OH excluding ortho intramolecular Hbond substituents is 1. The number of hydrogen-bond donors (Lipinski definition) is 1. The smallest absolute Gasteiger partial charge is 0.263 e. The average Bonchev–Trinajstić information content (AvgIpc) is 3.02. The van der Waals surface area contributed by atoms with Gasteiger partial charge in [-0.2, -0.15) is 0 Å². The maximum absolute atomic E-state index is 13.5. The van der Waals surface area contributed by atoms with Crippen LogP contribution in [0.15, 0.2) is 77.6 Å². The lowest BCUT2D eigenvalue weighted by Crippen LogP contribution is -2.32. The van der Waals surface area contributed by atoms with E-state index in [0.717, 1.165) is 11.3 Å². The molecule has 1 aromatic heterocycles. The van der Waals surface area contributed by atoms with Crippen LogP contribution in [-0.4, -0.2) is 14.7 Å². The summed E-state index contributed by atoms with van der Waals surface area (Å²) in [4.78, 5) is 20.5. The summed E-state index contributed by atoms with van der Waals surface area (Å²) in [7, 11) is 0. The molecule has 29 heavy (non-hydrogen) atoms. The molecule has 144 valence electrons. The van der Waals surface area contributed by atoms with Crippen molar-refractivity contribution in [1.82, 2.24) is 9.55 Å². The molecule has 6 heteroatoms. The van der Waals surface area contributed by atoms with Gasteiger partial charge in [-0.1, -0.05) is 35.9 Å². The van der Waals surface area contributed by atoms with E-state index < -0.39 is 0 Å². The molecule has 2 heterocycles. The van der Waals surface area contributed by atoms with Crippen molar-refractivity contribution in [3.05, 3.63) is 99.6 Å². The third-order valence-corrected chi connectivity index (χ3v) is 5.70. The van der Waals surface area contributed by atoms with Gasteiger partial charge < -0.3 is 10.0 Å². The molecule has 0 unspecified atom stereocenters. The summed E-state index contributed by atoms with van der Waals surface area (Å²) < 4.78 is 1.76. The number of benzene rings is 3. The van der Waals surface area contributed by atoms with E-state index in [-0.39, 0.29) is 23.5 Å². The number of hydrogen-bond acceptors (Lipinski definition) is 4. The number of aromatic nitrogens is 2. The first-order chi connectivity index (χ1) is 14.0. The fourth-order valence-electron chi connectivity index (χ4n) is 4.09. The van der Waals surface area contributed by atoms with Crippen molar-refractivity contribution in [2.45, 2.75) is 19.1 Å². The van der Waals surface area contributed by atoms with Crippen molar-refractivity contribution in [1.29, 1.82) is 0 Å².